The van der Waals surface area contributed by atoms with Crippen LogP contribution >= 0.6 is 11.3 Å². The van der Waals surface area contributed by atoms with E-state index in [0.717, 1.165) is 17.4 Å². The van der Waals surface area contributed by atoms with Crippen LogP contribution < -0.4 is 10.1 Å². The average Bonchev–Trinajstić information content (AvgIpc) is 3.02. The minimum atomic E-state index is -4.76. The normalized spacial score (nSPS) is 11.7. The van der Waals surface area contributed by atoms with Gasteiger partial charge in [0.2, 0.25) is 0 Å². The number of halogens is 3. The minimum Gasteiger partial charge on any atom is -0.456 e. The molecular weight excluding hydrogens is 333 g/mol. The van der Waals surface area contributed by atoms with Gasteiger partial charge in [0.05, 0.1) is 10.2 Å². The first-order valence-corrected chi connectivity index (χ1v) is 7.16. The van der Waals surface area contributed by atoms with Gasteiger partial charge in [-0.3, -0.25) is 10.1 Å². The van der Waals surface area contributed by atoms with Gasteiger partial charge in [-0.05, 0) is 31.2 Å². The third kappa shape index (κ3) is 3.62. The van der Waals surface area contributed by atoms with Gasteiger partial charge in [0, 0.05) is 6.07 Å². The van der Waals surface area contributed by atoms with E-state index in [1.54, 1.807) is 13.0 Å². The van der Waals surface area contributed by atoms with E-state index in [1.807, 2.05) is 0 Å². The number of nitrogens with one attached hydrogen (secondary N) is 1. The number of hydrogen-bond acceptors (Lipinski definition) is 5. The Morgan fingerprint density at radius 1 is 1.30 bits per heavy atom. The number of hydrogen-bond donors (Lipinski definition) is 1. The number of aromatic nitrogens is 1. The van der Waals surface area contributed by atoms with Crippen molar-refractivity contribution < 1.29 is 27.1 Å². The minimum absolute atomic E-state index is 0.128. The molecule has 0 fully saturated rings. The Morgan fingerprint density at radius 3 is 2.74 bits per heavy atom. The molecule has 1 N–H and O–H groups in total. The highest BCUT2D eigenvalue weighted by Crippen LogP contribution is 2.31. The molecule has 0 saturated carbocycles. The summed E-state index contributed by atoms with van der Waals surface area (Å²) < 4.78 is 46.1. The molecule has 0 unspecified atom stereocenters. The molecule has 0 saturated heterocycles. The largest absolute Gasteiger partial charge is 0.573 e. The molecular formula is C14H9F3N2O3S. The summed E-state index contributed by atoms with van der Waals surface area (Å²) in [6, 6.07) is 6.94. The summed E-state index contributed by atoms with van der Waals surface area (Å²) in [6.45, 7) is 1.71. The summed E-state index contributed by atoms with van der Waals surface area (Å²) >= 11 is 1.04. The number of aryl methyl sites for hydroxylation is 1. The number of rotatable bonds is 3. The molecule has 0 atom stereocenters. The van der Waals surface area contributed by atoms with Crippen LogP contribution in [0.1, 0.15) is 16.3 Å². The fourth-order valence-corrected chi connectivity index (χ4v) is 2.76. The third-order valence-electron chi connectivity index (χ3n) is 2.78. The molecule has 0 bridgehead atoms. The topological polar surface area (TPSA) is 64.4 Å². The number of ether oxygens (including phenoxy) is 1. The van der Waals surface area contributed by atoms with Crippen molar-refractivity contribution in [2.75, 3.05) is 5.32 Å². The molecule has 1 aromatic carbocycles. The zero-order chi connectivity index (χ0) is 16.6. The molecule has 5 nitrogen and oxygen atoms in total. The molecule has 9 heteroatoms. The lowest BCUT2D eigenvalue weighted by Gasteiger charge is -2.07. The first-order valence-electron chi connectivity index (χ1n) is 6.34. The van der Waals surface area contributed by atoms with Crippen molar-refractivity contribution in [2.45, 2.75) is 13.3 Å². The Balaban J connectivity index is 1.81. The lowest BCUT2D eigenvalue weighted by Crippen LogP contribution is -2.16. The molecule has 0 aliphatic heterocycles. The molecule has 120 valence electrons. The summed E-state index contributed by atoms with van der Waals surface area (Å²) in [5.74, 6) is -0.103. The van der Waals surface area contributed by atoms with Gasteiger partial charge in [-0.2, -0.15) is 0 Å². The highest BCUT2D eigenvalue weighted by molar-refractivity contribution is 7.22. The van der Waals surface area contributed by atoms with Gasteiger partial charge >= 0.3 is 6.36 Å². The number of fused-ring (bicyclic) bond motifs is 1. The molecule has 2 heterocycles. The van der Waals surface area contributed by atoms with E-state index >= 15 is 0 Å². The van der Waals surface area contributed by atoms with Crippen molar-refractivity contribution in [3.63, 3.8) is 0 Å². The van der Waals surface area contributed by atoms with Gasteiger partial charge in [-0.1, -0.05) is 11.3 Å². The van der Waals surface area contributed by atoms with Crippen LogP contribution in [-0.2, 0) is 0 Å². The Bertz CT molecular complexity index is 870. The lowest BCUT2D eigenvalue weighted by atomic mass is 10.3. The summed E-state index contributed by atoms with van der Waals surface area (Å²) in [5, 5.41) is 2.79. The van der Waals surface area contributed by atoms with Crippen LogP contribution in [-0.4, -0.2) is 17.3 Å². The van der Waals surface area contributed by atoms with Crippen molar-refractivity contribution in [1.82, 2.24) is 4.98 Å². The number of furan rings is 1. The second-order valence-electron chi connectivity index (χ2n) is 4.56. The van der Waals surface area contributed by atoms with Crippen molar-refractivity contribution in [3.8, 4) is 5.75 Å². The van der Waals surface area contributed by atoms with E-state index in [-0.39, 0.29) is 16.6 Å². The van der Waals surface area contributed by atoms with Crippen molar-refractivity contribution >= 4 is 32.6 Å². The quantitative estimate of drug-likeness (QED) is 0.769. The maximum Gasteiger partial charge on any atom is 0.573 e. The third-order valence-corrected chi connectivity index (χ3v) is 3.71. The zero-order valence-electron chi connectivity index (χ0n) is 11.6. The van der Waals surface area contributed by atoms with Crippen LogP contribution in [0, 0.1) is 6.92 Å². The predicted octanol–water partition coefficient (Wildman–Crippen LogP) is 4.35. The number of amides is 1. The highest BCUT2D eigenvalue weighted by atomic mass is 32.1. The van der Waals surface area contributed by atoms with Crippen LogP contribution in [0.25, 0.3) is 10.2 Å². The van der Waals surface area contributed by atoms with Gasteiger partial charge < -0.3 is 9.15 Å². The van der Waals surface area contributed by atoms with E-state index in [4.69, 9.17) is 4.42 Å². The van der Waals surface area contributed by atoms with Gasteiger partial charge in [0.25, 0.3) is 5.91 Å². The fourth-order valence-electron chi connectivity index (χ4n) is 1.87. The van der Waals surface area contributed by atoms with Gasteiger partial charge in [0.1, 0.15) is 11.5 Å². The van der Waals surface area contributed by atoms with Crippen molar-refractivity contribution in [2.24, 2.45) is 0 Å². The zero-order valence-corrected chi connectivity index (χ0v) is 12.4. The molecule has 2 aromatic heterocycles. The molecule has 23 heavy (non-hydrogen) atoms. The number of thiazole rings is 1. The number of carbonyl (C=O) groups excluding carboxylic acids is 1. The predicted molar refractivity (Wildman–Crippen MR) is 77.7 cm³/mol. The molecule has 1 amide bonds. The van der Waals surface area contributed by atoms with Crippen LogP contribution in [0.15, 0.2) is 34.7 Å². The molecule has 0 spiro atoms. The fraction of sp³-hybridized carbons (Fsp3) is 0.143. The Labute approximate surface area is 131 Å². The summed E-state index contributed by atoms with van der Waals surface area (Å²) in [6.07, 6.45) is -4.76. The number of nitrogens with zero attached hydrogens (tertiary/aromatic N) is 1. The van der Waals surface area contributed by atoms with E-state index in [9.17, 15) is 18.0 Å². The summed E-state index contributed by atoms with van der Waals surface area (Å²) in [5.41, 5.74) is 0.454. The van der Waals surface area contributed by atoms with E-state index in [2.05, 4.69) is 15.0 Å². The monoisotopic (exact) mass is 342 g/mol. The molecule has 0 aliphatic carbocycles. The number of carbonyl (C=O) groups is 1. The highest BCUT2D eigenvalue weighted by Gasteiger charge is 2.31. The smallest absolute Gasteiger partial charge is 0.456 e. The molecule has 3 aromatic rings. The molecule has 0 radical (unpaired) electrons. The van der Waals surface area contributed by atoms with Crippen LogP contribution in [0.3, 0.4) is 0 Å². The lowest BCUT2D eigenvalue weighted by molar-refractivity contribution is -0.274. The van der Waals surface area contributed by atoms with Crippen molar-refractivity contribution in [1.29, 1.82) is 0 Å². The maximum absolute atomic E-state index is 12.2. The molecule has 0 aliphatic rings. The van der Waals surface area contributed by atoms with Crippen LogP contribution in [0.4, 0.5) is 18.3 Å². The Kier molecular flexibility index (Phi) is 3.72. The van der Waals surface area contributed by atoms with Crippen molar-refractivity contribution in [3.05, 3.63) is 41.9 Å². The van der Waals surface area contributed by atoms with E-state index in [1.165, 1.54) is 18.2 Å². The van der Waals surface area contributed by atoms with Gasteiger partial charge in [-0.25, -0.2) is 4.98 Å². The van der Waals surface area contributed by atoms with Gasteiger partial charge in [-0.15, -0.1) is 13.2 Å². The second kappa shape index (κ2) is 5.58. The second-order valence-corrected chi connectivity index (χ2v) is 5.59. The van der Waals surface area contributed by atoms with E-state index < -0.39 is 12.3 Å². The molecule has 3 rings (SSSR count). The SMILES string of the molecule is Cc1ccc(C(=O)Nc2nc3ccc(OC(F)(F)F)cc3s2)o1. The van der Waals surface area contributed by atoms with E-state index in [0.29, 0.717) is 16.0 Å². The Hall–Kier alpha value is -2.55. The number of anilines is 1. The number of benzene rings is 1. The van der Waals surface area contributed by atoms with Gasteiger partial charge in [0.15, 0.2) is 10.9 Å². The standard InChI is InChI=1S/C14H9F3N2O3S/c1-7-2-5-10(21-7)12(20)19-13-18-9-4-3-8(6-11(9)23-13)22-14(15,16)17/h2-6H,1H3,(H,18,19,20). The first-order chi connectivity index (χ1) is 10.8. The first kappa shape index (κ1) is 15.3. The summed E-state index contributed by atoms with van der Waals surface area (Å²) in [7, 11) is 0. The van der Waals surface area contributed by atoms with Crippen LogP contribution in [0.5, 0.6) is 5.75 Å². The summed E-state index contributed by atoms with van der Waals surface area (Å²) in [4.78, 5) is 16.1. The van der Waals surface area contributed by atoms with Crippen LogP contribution in [0.2, 0.25) is 0 Å². The number of alkyl halides is 3. The Morgan fingerprint density at radius 2 is 2.09 bits per heavy atom. The maximum atomic E-state index is 12.2. The average molecular weight is 342 g/mol.